The molecule has 2 N–H and O–H groups in total. The number of hydrogen-bond donors (Lipinski definition) is 2. The third kappa shape index (κ3) is 6.01. The summed E-state index contributed by atoms with van der Waals surface area (Å²) in [6.07, 6.45) is 2.26. The number of anilines is 2. The second kappa shape index (κ2) is 10.9. The van der Waals surface area contributed by atoms with Crippen LogP contribution in [0.3, 0.4) is 0 Å². The molecule has 0 atom stereocenters. The first-order chi connectivity index (χ1) is 13.1. The Kier molecular flexibility index (Phi) is 8.88. The highest BCUT2D eigenvalue weighted by molar-refractivity contribution is 14.0. The van der Waals surface area contributed by atoms with E-state index in [1.54, 1.807) is 0 Å². The lowest BCUT2D eigenvalue weighted by Gasteiger charge is -2.33. The zero-order valence-corrected chi connectivity index (χ0v) is 20.4. The summed E-state index contributed by atoms with van der Waals surface area (Å²) in [5, 5.41) is 10.6. The summed E-state index contributed by atoms with van der Waals surface area (Å²) in [5.74, 6) is 0.884. The Balaban J connectivity index is 0.00000280. The maximum Gasteiger partial charge on any atom is 0.191 e. The van der Waals surface area contributed by atoms with Crippen LogP contribution in [-0.4, -0.2) is 46.2 Å². The van der Waals surface area contributed by atoms with Crippen molar-refractivity contribution in [3.63, 3.8) is 0 Å². The molecule has 1 aliphatic heterocycles. The minimum absolute atomic E-state index is 0. The van der Waals surface area contributed by atoms with Crippen molar-refractivity contribution in [2.75, 3.05) is 44.0 Å². The topological polar surface area (TPSA) is 42.9 Å². The van der Waals surface area contributed by atoms with Gasteiger partial charge in [0.2, 0.25) is 0 Å². The zero-order valence-electron chi connectivity index (χ0n) is 17.2. The van der Waals surface area contributed by atoms with Crippen molar-refractivity contribution >= 4 is 52.0 Å². The fourth-order valence-corrected chi connectivity index (χ4v) is 4.29. The summed E-state index contributed by atoms with van der Waals surface area (Å²) in [6, 6.07) is 11.4. The van der Waals surface area contributed by atoms with E-state index in [-0.39, 0.29) is 24.0 Å². The number of thiophene rings is 1. The van der Waals surface area contributed by atoms with Crippen molar-refractivity contribution in [1.29, 1.82) is 0 Å². The highest BCUT2D eigenvalue weighted by Gasteiger charge is 2.20. The van der Waals surface area contributed by atoms with E-state index in [1.807, 2.05) is 18.4 Å². The molecule has 28 heavy (non-hydrogen) atoms. The van der Waals surface area contributed by atoms with Gasteiger partial charge in [-0.25, -0.2) is 0 Å². The van der Waals surface area contributed by atoms with Crippen LogP contribution in [0.25, 0.3) is 0 Å². The molecule has 2 heterocycles. The minimum Gasteiger partial charge on any atom is -0.377 e. The number of benzene rings is 1. The molecule has 154 valence electrons. The van der Waals surface area contributed by atoms with E-state index in [0.29, 0.717) is 6.04 Å². The third-order valence-electron chi connectivity index (χ3n) is 5.05. The molecule has 0 unspecified atom stereocenters. The van der Waals surface area contributed by atoms with Gasteiger partial charge in [0.05, 0.1) is 5.00 Å². The van der Waals surface area contributed by atoms with E-state index in [2.05, 4.69) is 82.2 Å². The van der Waals surface area contributed by atoms with E-state index in [0.717, 1.165) is 38.4 Å². The van der Waals surface area contributed by atoms with E-state index in [4.69, 9.17) is 0 Å². The van der Waals surface area contributed by atoms with Gasteiger partial charge in [-0.3, -0.25) is 4.99 Å². The van der Waals surface area contributed by atoms with Gasteiger partial charge in [0.25, 0.3) is 0 Å². The molecule has 0 spiro atoms. The first kappa shape index (κ1) is 22.8. The average molecular weight is 513 g/mol. The Morgan fingerprint density at radius 1 is 1.25 bits per heavy atom. The monoisotopic (exact) mass is 513 g/mol. The van der Waals surface area contributed by atoms with Gasteiger partial charge >= 0.3 is 0 Å². The van der Waals surface area contributed by atoms with Crippen LogP contribution in [0.5, 0.6) is 0 Å². The lowest BCUT2D eigenvalue weighted by molar-refractivity contribution is 0.463. The van der Waals surface area contributed by atoms with Crippen molar-refractivity contribution in [2.24, 2.45) is 4.99 Å². The van der Waals surface area contributed by atoms with Crippen LogP contribution in [0.1, 0.15) is 24.0 Å². The summed E-state index contributed by atoms with van der Waals surface area (Å²) in [6.45, 7) is 5.09. The smallest absolute Gasteiger partial charge is 0.191 e. The molecule has 0 saturated carbocycles. The van der Waals surface area contributed by atoms with E-state index in [9.17, 15) is 0 Å². The lowest BCUT2D eigenvalue weighted by atomic mass is 10.1. The van der Waals surface area contributed by atoms with E-state index >= 15 is 0 Å². The molecule has 0 aliphatic carbocycles. The number of nitrogens with one attached hydrogen (secondary N) is 2. The maximum absolute atomic E-state index is 4.43. The molecule has 1 aliphatic rings. The Labute approximate surface area is 190 Å². The van der Waals surface area contributed by atoms with Crippen LogP contribution in [-0.2, 0) is 6.54 Å². The van der Waals surface area contributed by atoms with Gasteiger partial charge in [-0.15, -0.1) is 35.3 Å². The molecule has 0 radical (unpaired) electrons. The number of rotatable bonds is 5. The fraction of sp³-hybridized carbons (Fsp3) is 0.476. The van der Waals surface area contributed by atoms with Gasteiger partial charge in [-0.1, -0.05) is 12.1 Å². The molecule has 7 heteroatoms. The summed E-state index contributed by atoms with van der Waals surface area (Å²) >= 11 is 1.82. The van der Waals surface area contributed by atoms with Crippen molar-refractivity contribution < 1.29 is 0 Å². The maximum atomic E-state index is 4.43. The summed E-state index contributed by atoms with van der Waals surface area (Å²) in [5.41, 5.74) is 3.81. The van der Waals surface area contributed by atoms with E-state index in [1.165, 1.54) is 21.8 Å². The molecule has 1 fully saturated rings. The third-order valence-corrected chi connectivity index (χ3v) is 5.98. The second-order valence-corrected chi connectivity index (χ2v) is 8.24. The zero-order chi connectivity index (χ0) is 19.2. The predicted molar refractivity (Wildman–Crippen MR) is 134 cm³/mol. The number of hydrogen-bond acceptors (Lipinski definition) is 4. The van der Waals surface area contributed by atoms with Gasteiger partial charge in [0.1, 0.15) is 0 Å². The summed E-state index contributed by atoms with van der Waals surface area (Å²) < 4.78 is 0. The number of aryl methyl sites for hydroxylation is 1. The summed E-state index contributed by atoms with van der Waals surface area (Å²) in [4.78, 5) is 9.08. The van der Waals surface area contributed by atoms with Crippen molar-refractivity contribution in [3.8, 4) is 0 Å². The molecule has 0 bridgehead atoms. The molecule has 1 aromatic heterocycles. The standard InChI is InChI=1S/C21H31N5S.HI/c1-16-7-8-17(19(14-16)25(3)4)15-23-21(22-2)24-18-9-11-26(12-10-18)20-6-5-13-27-20;/h5-8,13-14,18H,9-12,15H2,1-4H3,(H2,22,23,24);1H. The Bertz CT molecular complexity index is 752. The van der Waals surface area contributed by atoms with Gasteiger partial charge in [-0.2, -0.15) is 0 Å². The number of piperidine rings is 1. The van der Waals surface area contributed by atoms with Crippen molar-refractivity contribution in [2.45, 2.75) is 32.4 Å². The Hall–Kier alpha value is -1.48. The molecule has 1 saturated heterocycles. The molecule has 1 aromatic carbocycles. The van der Waals surface area contributed by atoms with Crippen LogP contribution in [0, 0.1) is 6.92 Å². The van der Waals surface area contributed by atoms with Crippen LogP contribution < -0.4 is 20.4 Å². The number of guanidine groups is 1. The SMILES string of the molecule is CN=C(NCc1ccc(C)cc1N(C)C)NC1CCN(c2cccs2)CC1.I. The largest absolute Gasteiger partial charge is 0.377 e. The summed E-state index contributed by atoms with van der Waals surface area (Å²) in [7, 11) is 6.03. The van der Waals surface area contributed by atoms with Gasteiger partial charge in [-0.05, 0) is 54.5 Å². The molecule has 5 nitrogen and oxygen atoms in total. The molecule has 2 aromatic rings. The molecule has 3 rings (SSSR count). The lowest BCUT2D eigenvalue weighted by Crippen LogP contribution is -2.48. The average Bonchev–Trinajstić information content (AvgIpc) is 3.21. The van der Waals surface area contributed by atoms with E-state index < -0.39 is 0 Å². The van der Waals surface area contributed by atoms with Crippen LogP contribution >= 0.6 is 35.3 Å². The second-order valence-electron chi connectivity index (χ2n) is 7.31. The van der Waals surface area contributed by atoms with Crippen LogP contribution in [0.15, 0.2) is 40.7 Å². The minimum atomic E-state index is 0. The first-order valence-corrected chi connectivity index (χ1v) is 10.5. The molecular weight excluding hydrogens is 481 g/mol. The number of nitrogens with zero attached hydrogens (tertiary/aromatic N) is 3. The van der Waals surface area contributed by atoms with Gasteiger partial charge < -0.3 is 20.4 Å². The van der Waals surface area contributed by atoms with Crippen LogP contribution in [0.2, 0.25) is 0 Å². The first-order valence-electron chi connectivity index (χ1n) is 9.59. The van der Waals surface area contributed by atoms with Crippen molar-refractivity contribution in [3.05, 3.63) is 46.8 Å². The highest BCUT2D eigenvalue weighted by Crippen LogP contribution is 2.25. The Morgan fingerprint density at radius 2 is 2.00 bits per heavy atom. The highest BCUT2D eigenvalue weighted by atomic mass is 127. The van der Waals surface area contributed by atoms with Crippen molar-refractivity contribution in [1.82, 2.24) is 10.6 Å². The quantitative estimate of drug-likeness (QED) is 0.360. The van der Waals surface area contributed by atoms with Gasteiger partial charge in [0, 0.05) is 52.5 Å². The normalized spacial score (nSPS) is 15.1. The number of aliphatic imine (C=N–C) groups is 1. The Morgan fingerprint density at radius 3 is 2.61 bits per heavy atom. The van der Waals surface area contributed by atoms with Crippen LogP contribution in [0.4, 0.5) is 10.7 Å². The molecular formula is C21H32IN5S. The van der Waals surface area contributed by atoms with Gasteiger partial charge in [0.15, 0.2) is 5.96 Å². The predicted octanol–water partition coefficient (Wildman–Crippen LogP) is 4.07. The fourth-order valence-electron chi connectivity index (χ4n) is 3.50. The molecule has 0 amide bonds. The number of halogens is 1.